The first-order valence-electron chi connectivity index (χ1n) is 6.32. The van der Waals surface area contributed by atoms with Gasteiger partial charge in [0.05, 0.1) is 11.5 Å². The predicted octanol–water partition coefficient (Wildman–Crippen LogP) is 3.05. The Morgan fingerprint density at radius 3 is 2.38 bits per heavy atom. The maximum Gasteiger partial charge on any atom is 0.158 e. The molecule has 0 aliphatic rings. The monoisotopic (exact) mass is 327 g/mol. The first-order chi connectivity index (χ1) is 9.89. The van der Waals surface area contributed by atoms with Gasteiger partial charge in [0, 0.05) is 11.6 Å². The van der Waals surface area contributed by atoms with Gasteiger partial charge in [-0.1, -0.05) is 35.9 Å². The number of hydrogen-bond acceptors (Lipinski definition) is 3. The molecule has 112 valence electrons. The van der Waals surface area contributed by atoms with E-state index in [0.717, 1.165) is 0 Å². The molecule has 6 heteroatoms. The van der Waals surface area contributed by atoms with Crippen molar-refractivity contribution in [2.75, 3.05) is 0 Å². The minimum Gasteiger partial charge on any atom is -0.326 e. The highest BCUT2D eigenvalue weighted by Crippen LogP contribution is 2.20. The molecule has 0 unspecified atom stereocenters. The van der Waals surface area contributed by atoms with Crippen molar-refractivity contribution >= 4 is 21.4 Å². The smallest absolute Gasteiger partial charge is 0.158 e. The van der Waals surface area contributed by atoms with Gasteiger partial charge in [-0.15, -0.1) is 0 Å². The zero-order chi connectivity index (χ0) is 15.5. The van der Waals surface area contributed by atoms with E-state index in [-0.39, 0.29) is 18.1 Å². The van der Waals surface area contributed by atoms with Gasteiger partial charge < -0.3 is 5.73 Å². The normalized spacial score (nSPS) is 11.6. The van der Waals surface area contributed by atoms with E-state index < -0.39 is 15.7 Å². The van der Waals surface area contributed by atoms with E-state index in [9.17, 15) is 12.8 Å². The second-order valence-corrected chi connectivity index (χ2v) is 7.27. The summed E-state index contributed by atoms with van der Waals surface area (Å²) < 4.78 is 37.8. The van der Waals surface area contributed by atoms with E-state index in [0.29, 0.717) is 21.7 Å². The Labute approximate surface area is 128 Å². The third kappa shape index (κ3) is 4.52. The van der Waals surface area contributed by atoms with Crippen LogP contribution in [0.25, 0.3) is 0 Å². The lowest BCUT2D eigenvalue weighted by Crippen LogP contribution is -2.09. The quantitative estimate of drug-likeness (QED) is 0.918. The zero-order valence-corrected chi connectivity index (χ0v) is 12.8. The Morgan fingerprint density at radius 2 is 1.71 bits per heavy atom. The highest BCUT2D eigenvalue weighted by atomic mass is 35.5. The lowest BCUT2D eigenvalue weighted by Gasteiger charge is -2.08. The van der Waals surface area contributed by atoms with Crippen LogP contribution in [-0.2, 0) is 27.9 Å². The van der Waals surface area contributed by atoms with E-state index in [1.807, 2.05) is 0 Å². The third-order valence-electron chi connectivity index (χ3n) is 2.97. The van der Waals surface area contributed by atoms with Gasteiger partial charge >= 0.3 is 0 Å². The Balaban J connectivity index is 2.22. The molecule has 0 spiro atoms. The van der Waals surface area contributed by atoms with Gasteiger partial charge in [-0.05, 0) is 34.9 Å². The second-order valence-electron chi connectivity index (χ2n) is 4.80. The molecule has 0 bridgehead atoms. The van der Waals surface area contributed by atoms with Gasteiger partial charge in [0.15, 0.2) is 9.84 Å². The van der Waals surface area contributed by atoms with Crippen LogP contribution in [0.4, 0.5) is 4.39 Å². The summed E-state index contributed by atoms with van der Waals surface area (Å²) in [6.07, 6.45) is 0. The lowest BCUT2D eigenvalue weighted by atomic mass is 10.1. The molecule has 0 saturated heterocycles. The largest absolute Gasteiger partial charge is 0.326 e. The number of hydrogen-bond donors (Lipinski definition) is 1. The molecule has 0 aliphatic carbocycles. The highest BCUT2D eigenvalue weighted by Gasteiger charge is 2.16. The standard InChI is InChI=1S/C15H15ClFNO2S/c16-15-4-2-1-3-13(15)10-21(19,20)9-12-5-11(8-18)6-14(17)7-12/h1-7H,8-10,18H2. The second kappa shape index (κ2) is 6.56. The minimum atomic E-state index is -3.44. The third-order valence-corrected chi connectivity index (χ3v) is 4.87. The van der Waals surface area contributed by atoms with E-state index in [1.54, 1.807) is 30.3 Å². The van der Waals surface area contributed by atoms with E-state index in [2.05, 4.69) is 0 Å². The van der Waals surface area contributed by atoms with Crippen LogP contribution < -0.4 is 5.73 Å². The molecule has 2 aromatic rings. The first kappa shape index (κ1) is 15.9. The molecular formula is C15H15ClFNO2S. The fourth-order valence-corrected chi connectivity index (χ4v) is 3.86. The minimum absolute atomic E-state index is 0.162. The molecule has 0 atom stereocenters. The van der Waals surface area contributed by atoms with Crippen molar-refractivity contribution in [2.45, 2.75) is 18.1 Å². The van der Waals surface area contributed by atoms with Crippen LogP contribution in [0.1, 0.15) is 16.7 Å². The molecule has 0 fully saturated rings. The lowest BCUT2D eigenvalue weighted by molar-refractivity contribution is 0.593. The maximum atomic E-state index is 13.4. The fraction of sp³-hybridized carbons (Fsp3) is 0.200. The SMILES string of the molecule is NCc1cc(F)cc(CS(=O)(=O)Cc2ccccc2Cl)c1. The predicted molar refractivity (Wildman–Crippen MR) is 82.1 cm³/mol. The number of nitrogens with two attached hydrogens (primary N) is 1. The number of rotatable bonds is 5. The number of sulfone groups is 1. The van der Waals surface area contributed by atoms with E-state index >= 15 is 0 Å². The maximum absolute atomic E-state index is 13.4. The summed E-state index contributed by atoms with van der Waals surface area (Å²) >= 11 is 5.97. The molecule has 0 aliphatic heterocycles. The molecule has 2 N–H and O–H groups in total. The van der Waals surface area contributed by atoms with Crippen LogP contribution in [0.2, 0.25) is 5.02 Å². The summed E-state index contributed by atoms with van der Waals surface area (Å²) in [5.74, 6) is -0.912. The molecule has 2 rings (SSSR count). The van der Waals surface area contributed by atoms with Crippen LogP contribution in [0.5, 0.6) is 0 Å². The van der Waals surface area contributed by atoms with Crippen LogP contribution in [-0.4, -0.2) is 8.42 Å². The number of benzene rings is 2. The molecule has 0 heterocycles. The van der Waals surface area contributed by atoms with Crippen LogP contribution in [0, 0.1) is 5.82 Å². The summed E-state index contributed by atoms with van der Waals surface area (Å²) in [5.41, 5.74) is 6.96. The van der Waals surface area contributed by atoms with Gasteiger partial charge in [-0.2, -0.15) is 0 Å². The van der Waals surface area contributed by atoms with E-state index in [1.165, 1.54) is 12.1 Å². The van der Waals surface area contributed by atoms with Crippen molar-refractivity contribution in [2.24, 2.45) is 5.73 Å². The molecular weight excluding hydrogens is 313 g/mol. The van der Waals surface area contributed by atoms with Crippen molar-refractivity contribution in [1.29, 1.82) is 0 Å². The molecule has 0 aromatic heterocycles. The summed E-state index contributed by atoms with van der Waals surface area (Å²) in [6, 6.07) is 10.9. The molecule has 3 nitrogen and oxygen atoms in total. The summed E-state index contributed by atoms with van der Waals surface area (Å²) in [5, 5.41) is 0.406. The van der Waals surface area contributed by atoms with Crippen molar-refractivity contribution in [1.82, 2.24) is 0 Å². The van der Waals surface area contributed by atoms with Gasteiger partial charge in [0.25, 0.3) is 0 Å². The van der Waals surface area contributed by atoms with Gasteiger partial charge in [0.2, 0.25) is 0 Å². The molecule has 0 saturated carbocycles. The van der Waals surface area contributed by atoms with Crippen molar-refractivity contribution in [3.05, 3.63) is 70.0 Å². The zero-order valence-electron chi connectivity index (χ0n) is 11.2. The molecule has 2 aromatic carbocycles. The summed E-state index contributed by atoms with van der Waals surface area (Å²) in [4.78, 5) is 0. The topological polar surface area (TPSA) is 60.2 Å². The molecule has 21 heavy (non-hydrogen) atoms. The van der Waals surface area contributed by atoms with Crippen molar-refractivity contribution < 1.29 is 12.8 Å². The Morgan fingerprint density at radius 1 is 1.05 bits per heavy atom. The van der Waals surface area contributed by atoms with Crippen LogP contribution in [0.3, 0.4) is 0 Å². The van der Waals surface area contributed by atoms with Gasteiger partial charge in [0.1, 0.15) is 5.82 Å². The Hall–Kier alpha value is -1.43. The summed E-state index contributed by atoms with van der Waals surface area (Å²) in [7, 11) is -3.44. The van der Waals surface area contributed by atoms with Gasteiger partial charge in [-0.3, -0.25) is 0 Å². The van der Waals surface area contributed by atoms with Crippen LogP contribution in [0.15, 0.2) is 42.5 Å². The van der Waals surface area contributed by atoms with Crippen molar-refractivity contribution in [3.8, 4) is 0 Å². The fourth-order valence-electron chi connectivity index (χ4n) is 2.08. The average Bonchev–Trinajstić information content (AvgIpc) is 2.40. The highest BCUT2D eigenvalue weighted by molar-refractivity contribution is 7.89. The Bertz CT molecular complexity index is 747. The van der Waals surface area contributed by atoms with Crippen LogP contribution >= 0.6 is 11.6 Å². The first-order valence-corrected chi connectivity index (χ1v) is 8.52. The molecule has 0 amide bonds. The molecule has 0 radical (unpaired) electrons. The Kier molecular flexibility index (Phi) is 4.98. The number of halogens is 2. The average molecular weight is 328 g/mol. The van der Waals surface area contributed by atoms with Gasteiger partial charge in [-0.25, -0.2) is 12.8 Å². The summed E-state index contributed by atoms with van der Waals surface area (Å²) in [6.45, 7) is 0.162. The van der Waals surface area contributed by atoms with E-state index in [4.69, 9.17) is 17.3 Å². The van der Waals surface area contributed by atoms with Crippen molar-refractivity contribution in [3.63, 3.8) is 0 Å².